The topological polar surface area (TPSA) is 83.8 Å². The Kier molecular flexibility index (Phi) is 3.66. The molecule has 6 heteroatoms. The molecule has 1 fully saturated rings. The van der Waals surface area contributed by atoms with Crippen molar-refractivity contribution >= 4 is 35.0 Å². The summed E-state index contributed by atoms with van der Waals surface area (Å²) in [4.78, 5) is 38.9. The van der Waals surface area contributed by atoms with Crippen LogP contribution in [-0.2, 0) is 14.4 Å². The molecule has 2 atom stereocenters. The maximum atomic E-state index is 12.3. The summed E-state index contributed by atoms with van der Waals surface area (Å²) in [5, 5.41) is 9.59. The molecule has 0 aromatic heterocycles. The van der Waals surface area contributed by atoms with E-state index in [-0.39, 0.29) is 23.7 Å². The number of ketones is 1. The van der Waals surface area contributed by atoms with Crippen molar-refractivity contribution < 1.29 is 19.5 Å². The number of carboxylic acid groups (broad SMARTS) is 1. The summed E-state index contributed by atoms with van der Waals surface area (Å²) in [6.45, 7) is 0. The van der Waals surface area contributed by atoms with E-state index in [9.17, 15) is 14.4 Å². The van der Waals surface area contributed by atoms with E-state index in [4.69, 9.17) is 16.7 Å². The van der Waals surface area contributed by atoms with Crippen molar-refractivity contribution in [1.29, 1.82) is 0 Å². The summed E-state index contributed by atoms with van der Waals surface area (Å²) < 4.78 is 0. The van der Waals surface area contributed by atoms with Crippen LogP contribution in [0.1, 0.15) is 24.3 Å². The number of amides is 1. The second-order valence-corrected chi connectivity index (χ2v) is 5.81. The van der Waals surface area contributed by atoms with Crippen LogP contribution in [-0.4, -0.2) is 28.5 Å². The summed E-state index contributed by atoms with van der Waals surface area (Å²) >= 11 is 5.85. The molecule has 1 aromatic carbocycles. The third kappa shape index (κ3) is 2.60. The number of aliphatic imine (C=N–C) groups is 1. The van der Waals surface area contributed by atoms with Crippen molar-refractivity contribution in [2.45, 2.75) is 18.8 Å². The number of halogens is 1. The average molecular weight is 318 g/mol. The molecule has 112 valence electrons. The minimum atomic E-state index is -1.35. The van der Waals surface area contributed by atoms with Gasteiger partial charge in [0, 0.05) is 17.0 Å². The number of carbonyl (C=O) groups excluding carboxylic acids is 2. The molecule has 1 aliphatic carbocycles. The zero-order valence-corrected chi connectivity index (χ0v) is 12.2. The number of Topliss-reactive ketones (excluding diaryl/α,β-unsaturated/α-hetero) is 1. The quantitative estimate of drug-likeness (QED) is 0.849. The van der Waals surface area contributed by atoms with Gasteiger partial charge in [-0.2, -0.15) is 0 Å². The van der Waals surface area contributed by atoms with Crippen molar-refractivity contribution in [2.24, 2.45) is 10.9 Å². The lowest BCUT2D eigenvalue weighted by Gasteiger charge is -2.27. The number of nitrogens with zero attached hydrogens (tertiary/aromatic N) is 1. The number of hydrogen-bond donors (Lipinski definition) is 1. The van der Waals surface area contributed by atoms with E-state index >= 15 is 0 Å². The molecule has 0 bridgehead atoms. The molecule has 0 spiro atoms. The van der Waals surface area contributed by atoms with Crippen molar-refractivity contribution in [2.75, 3.05) is 0 Å². The second kappa shape index (κ2) is 5.50. The van der Waals surface area contributed by atoms with Crippen molar-refractivity contribution in [3.63, 3.8) is 0 Å². The molecule has 22 heavy (non-hydrogen) atoms. The maximum Gasteiger partial charge on any atom is 0.320 e. The number of aliphatic carboxylic acids is 1. The van der Waals surface area contributed by atoms with Crippen LogP contribution in [0.2, 0.25) is 5.02 Å². The van der Waals surface area contributed by atoms with E-state index in [1.807, 2.05) is 12.1 Å². The molecule has 1 N–H and O–H groups in total. The Morgan fingerprint density at radius 3 is 2.50 bits per heavy atom. The number of hydrogen-bond acceptors (Lipinski definition) is 3. The number of allylic oxidation sites excluding steroid dienone is 1. The Labute approximate surface area is 131 Å². The van der Waals surface area contributed by atoms with Crippen LogP contribution in [0.4, 0.5) is 0 Å². The highest BCUT2D eigenvalue weighted by Crippen LogP contribution is 2.34. The number of rotatable bonds is 2. The van der Waals surface area contributed by atoms with Gasteiger partial charge in [-0.05, 0) is 36.1 Å². The van der Waals surface area contributed by atoms with Crippen molar-refractivity contribution in [3.05, 3.63) is 46.5 Å². The van der Waals surface area contributed by atoms with Crippen LogP contribution >= 0.6 is 11.6 Å². The van der Waals surface area contributed by atoms with E-state index < -0.39 is 17.8 Å². The summed E-state index contributed by atoms with van der Waals surface area (Å²) in [5.74, 6) is -3.61. The molecular formula is C16H12ClNO4. The molecule has 1 aromatic rings. The van der Waals surface area contributed by atoms with Crippen molar-refractivity contribution in [1.82, 2.24) is 0 Å². The lowest BCUT2D eigenvalue weighted by Crippen LogP contribution is -2.33. The number of fused-ring (bicyclic) bond motifs is 1. The third-order valence-electron chi connectivity index (χ3n) is 3.93. The monoisotopic (exact) mass is 317 g/mol. The highest BCUT2D eigenvalue weighted by Gasteiger charge is 2.37. The van der Waals surface area contributed by atoms with E-state index in [1.54, 1.807) is 12.1 Å². The van der Waals surface area contributed by atoms with Crippen LogP contribution in [0.15, 0.2) is 40.9 Å². The first-order valence-corrected chi connectivity index (χ1v) is 7.18. The van der Waals surface area contributed by atoms with Gasteiger partial charge in [-0.3, -0.25) is 14.4 Å². The normalized spacial score (nSPS) is 24.4. The number of dihydropyridines is 1. The van der Waals surface area contributed by atoms with Crippen LogP contribution < -0.4 is 0 Å². The fourth-order valence-electron chi connectivity index (χ4n) is 2.79. The van der Waals surface area contributed by atoms with Crippen LogP contribution in [0.5, 0.6) is 0 Å². The summed E-state index contributed by atoms with van der Waals surface area (Å²) in [5.41, 5.74) is 1.61. The first-order valence-electron chi connectivity index (χ1n) is 6.81. The first-order chi connectivity index (χ1) is 10.5. The molecule has 1 heterocycles. The smallest absolute Gasteiger partial charge is 0.320 e. The zero-order valence-electron chi connectivity index (χ0n) is 11.5. The summed E-state index contributed by atoms with van der Waals surface area (Å²) in [6.07, 6.45) is 1.94. The Bertz CT molecular complexity index is 733. The Balaban J connectivity index is 1.91. The molecule has 2 aliphatic rings. The van der Waals surface area contributed by atoms with Gasteiger partial charge in [-0.25, -0.2) is 4.99 Å². The highest BCUT2D eigenvalue weighted by molar-refractivity contribution is 6.30. The average Bonchev–Trinajstić information content (AvgIpc) is 2.46. The zero-order chi connectivity index (χ0) is 15.9. The van der Waals surface area contributed by atoms with Crippen LogP contribution in [0.3, 0.4) is 0 Å². The van der Waals surface area contributed by atoms with Gasteiger partial charge >= 0.3 is 5.97 Å². The predicted molar refractivity (Wildman–Crippen MR) is 80.1 cm³/mol. The van der Waals surface area contributed by atoms with E-state index in [2.05, 4.69) is 4.99 Å². The van der Waals surface area contributed by atoms with E-state index in [0.29, 0.717) is 17.2 Å². The number of benzene rings is 1. The molecule has 2 unspecified atom stereocenters. The fraction of sp³-hybridized carbons (Fsp3) is 0.250. The number of carboxylic acids is 1. The predicted octanol–water partition coefficient (Wildman–Crippen LogP) is 2.39. The van der Waals surface area contributed by atoms with Gasteiger partial charge in [-0.15, -0.1) is 0 Å². The molecule has 1 saturated carbocycles. The molecule has 1 amide bonds. The van der Waals surface area contributed by atoms with Gasteiger partial charge in [0.2, 0.25) is 0 Å². The fourth-order valence-corrected chi connectivity index (χ4v) is 2.92. The molecule has 1 aliphatic heterocycles. The van der Waals surface area contributed by atoms with Crippen LogP contribution in [0.25, 0.3) is 0 Å². The molecule has 5 nitrogen and oxygen atoms in total. The second-order valence-electron chi connectivity index (χ2n) is 5.37. The molecule has 3 rings (SSSR count). The molecular weight excluding hydrogens is 306 g/mol. The van der Waals surface area contributed by atoms with Crippen molar-refractivity contribution in [3.8, 4) is 0 Å². The minimum absolute atomic E-state index is 0.0742. The van der Waals surface area contributed by atoms with Crippen LogP contribution in [0, 0.1) is 5.92 Å². The number of carbonyl (C=O) groups is 3. The SMILES string of the molecule is O=C1CC(c2ccc(Cl)cc2)CC2=NC(=O)C(C(=O)O)C=C12. The summed E-state index contributed by atoms with van der Waals surface area (Å²) in [7, 11) is 0. The van der Waals surface area contributed by atoms with E-state index in [1.165, 1.54) is 6.08 Å². The lowest BCUT2D eigenvalue weighted by molar-refractivity contribution is -0.143. The van der Waals surface area contributed by atoms with Gasteiger partial charge in [0.15, 0.2) is 11.7 Å². The van der Waals surface area contributed by atoms with Gasteiger partial charge < -0.3 is 5.11 Å². The minimum Gasteiger partial charge on any atom is -0.480 e. The molecule has 0 saturated heterocycles. The van der Waals surface area contributed by atoms with Gasteiger partial charge in [0.1, 0.15) is 0 Å². The molecule has 0 radical (unpaired) electrons. The maximum absolute atomic E-state index is 12.3. The Morgan fingerprint density at radius 2 is 1.86 bits per heavy atom. The van der Waals surface area contributed by atoms with Gasteiger partial charge in [-0.1, -0.05) is 23.7 Å². The van der Waals surface area contributed by atoms with Gasteiger partial charge in [0.25, 0.3) is 5.91 Å². The largest absolute Gasteiger partial charge is 0.480 e. The Morgan fingerprint density at radius 1 is 1.18 bits per heavy atom. The van der Waals surface area contributed by atoms with E-state index in [0.717, 1.165) is 5.56 Å². The van der Waals surface area contributed by atoms with Gasteiger partial charge in [0.05, 0.1) is 5.71 Å². The first kappa shape index (κ1) is 14.7. The standard InChI is InChI=1S/C16H12ClNO4/c17-10-3-1-8(2-4-10)9-5-13-11(14(19)6-9)7-12(16(21)22)15(20)18-13/h1-4,7,9,12H,5-6H2,(H,21,22). The third-order valence-corrected chi connectivity index (χ3v) is 4.19. The Hall–Kier alpha value is -2.27. The summed E-state index contributed by atoms with van der Waals surface area (Å²) in [6, 6.07) is 7.20. The lowest BCUT2D eigenvalue weighted by atomic mass is 9.77. The highest BCUT2D eigenvalue weighted by atomic mass is 35.5.